The van der Waals surface area contributed by atoms with Gasteiger partial charge in [-0.05, 0) is 42.0 Å². The first-order valence-corrected chi connectivity index (χ1v) is 8.80. The van der Waals surface area contributed by atoms with Crippen molar-refractivity contribution in [1.82, 2.24) is 0 Å². The van der Waals surface area contributed by atoms with Gasteiger partial charge in [-0.3, -0.25) is 25.2 Å². The van der Waals surface area contributed by atoms with E-state index in [1.54, 1.807) is 49.7 Å². The van der Waals surface area contributed by atoms with E-state index in [-0.39, 0.29) is 11.3 Å². The van der Waals surface area contributed by atoms with Crippen molar-refractivity contribution >= 4 is 29.2 Å². The van der Waals surface area contributed by atoms with E-state index in [1.165, 1.54) is 12.1 Å². The van der Waals surface area contributed by atoms with Gasteiger partial charge in [-0.15, -0.1) is 0 Å². The molecule has 3 rings (SSSR count). The van der Waals surface area contributed by atoms with Crippen LogP contribution in [0.5, 0.6) is 11.5 Å². The molecule has 10 nitrogen and oxygen atoms in total. The lowest BCUT2D eigenvalue weighted by atomic mass is 10.1. The van der Waals surface area contributed by atoms with Crippen molar-refractivity contribution in [3.8, 4) is 11.5 Å². The van der Waals surface area contributed by atoms with E-state index < -0.39 is 27.2 Å². The highest BCUT2D eigenvalue weighted by Gasteiger charge is 2.21. The van der Waals surface area contributed by atoms with Crippen molar-refractivity contribution in [2.45, 2.75) is 0 Å². The molecular weight excluding hydrogens is 406 g/mol. The van der Waals surface area contributed by atoms with Gasteiger partial charge in [0.1, 0.15) is 11.5 Å². The molecule has 31 heavy (non-hydrogen) atoms. The molecule has 0 spiro atoms. The molecule has 10 heteroatoms. The summed E-state index contributed by atoms with van der Waals surface area (Å²) in [6.45, 7) is 0. The van der Waals surface area contributed by atoms with Gasteiger partial charge in [0.15, 0.2) is 0 Å². The summed E-state index contributed by atoms with van der Waals surface area (Å²) in [7, 11) is 1.57. The third kappa shape index (κ3) is 5.48. The molecule has 0 saturated heterocycles. The number of benzene rings is 3. The number of methoxy groups -OCH3 is 1. The number of ether oxygens (including phenoxy) is 2. The molecule has 0 heterocycles. The van der Waals surface area contributed by atoms with Crippen molar-refractivity contribution in [2.75, 3.05) is 7.11 Å². The van der Waals surface area contributed by atoms with Gasteiger partial charge in [-0.25, -0.2) is 4.79 Å². The van der Waals surface area contributed by atoms with E-state index in [1.807, 2.05) is 0 Å². The number of non-ortho nitro benzene ring substituents is 2. The second-order valence-corrected chi connectivity index (χ2v) is 6.17. The number of rotatable bonds is 7. The van der Waals surface area contributed by atoms with Gasteiger partial charge in [-0.1, -0.05) is 12.1 Å². The SMILES string of the molecule is COc1ccc(N=Cc2cccc(OC(=O)c3cc([N+](=O)[O-])cc([N+](=O)[O-])c3)c2)cc1. The maximum absolute atomic E-state index is 12.4. The van der Waals surface area contributed by atoms with Crippen LogP contribution in [0.2, 0.25) is 0 Å². The Morgan fingerprint density at radius 1 is 0.903 bits per heavy atom. The molecular formula is C21H15N3O7. The van der Waals surface area contributed by atoms with E-state index >= 15 is 0 Å². The van der Waals surface area contributed by atoms with Gasteiger partial charge in [0.25, 0.3) is 11.4 Å². The van der Waals surface area contributed by atoms with Crippen LogP contribution >= 0.6 is 0 Å². The first kappa shape index (κ1) is 21.1. The molecule has 0 bridgehead atoms. The van der Waals surface area contributed by atoms with Crippen molar-refractivity contribution in [3.63, 3.8) is 0 Å². The van der Waals surface area contributed by atoms with Gasteiger partial charge in [0, 0.05) is 18.3 Å². The summed E-state index contributed by atoms with van der Waals surface area (Å²) in [5.41, 5.74) is -0.153. The average molecular weight is 421 g/mol. The summed E-state index contributed by atoms with van der Waals surface area (Å²) in [6.07, 6.45) is 1.57. The van der Waals surface area contributed by atoms with Crippen LogP contribution in [0.15, 0.2) is 71.7 Å². The number of nitro benzene ring substituents is 2. The normalized spacial score (nSPS) is 10.6. The minimum absolute atomic E-state index is 0.151. The van der Waals surface area contributed by atoms with Crippen molar-refractivity contribution in [3.05, 3.63) is 98.1 Å². The third-order valence-electron chi connectivity index (χ3n) is 4.06. The minimum atomic E-state index is -0.962. The summed E-state index contributed by atoms with van der Waals surface area (Å²) < 4.78 is 10.3. The standard InChI is InChI=1S/C21H15N3O7/c1-30-19-7-5-16(6-8-19)22-13-14-3-2-4-20(9-14)31-21(25)15-10-17(23(26)27)12-18(11-15)24(28)29/h2-13H,1H3. The Morgan fingerprint density at radius 2 is 1.55 bits per heavy atom. The number of aliphatic imine (C=N–C) groups is 1. The minimum Gasteiger partial charge on any atom is -0.497 e. The van der Waals surface area contributed by atoms with Crippen LogP contribution in [0.4, 0.5) is 17.1 Å². The highest BCUT2D eigenvalue weighted by atomic mass is 16.6. The molecule has 0 aliphatic heterocycles. The van der Waals surface area contributed by atoms with Crippen LogP contribution in [0.25, 0.3) is 0 Å². The fourth-order valence-corrected chi connectivity index (χ4v) is 2.57. The number of carbonyl (C=O) groups is 1. The highest BCUT2D eigenvalue weighted by molar-refractivity contribution is 5.93. The number of esters is 1. The first-order valence-electron chi connectivity index (χ1n) is 8.80. The highest BCUT2D eigenvalue weighted by Crippen LogP contribution is 2.24. The smallest absolute Gasteiger partial charge is 0.344 e. The summed E-state index contributed by atoms with van der Waals surface area (Å²) in [5, 5.41) is 22.0. The second-order valence-electron chi connectivity index (χ2n) is 6.17. The molecule has 0 aliphatic rings. The Bertz CT molecular complexity index is 1140. The lowest BCUT2D eigenvalue weighted by molar-refractivity contribution is -0.394. The molecule has 0 amide bonds. The zero-order valence-corrected chi connectivity index (χ0v) is 16.1. The van der Waals surface area contributed by atoms with Crippen molar-refractivity contribution in [1.29, 1.82) is 0 Å². The van der Waals surface area contributed by atoms with Crippen LogP contribution < -0.4 is 9.47 Å². The number of carbonyl (C=O) groups excluding carboxylic acids is 1. The van der Waals surface area contributed by atoms with E-state index in [0.29, 0.717) is 17.0 Å². The molecule has 3 aromatic carbocycles. The van der Waals surface area contributed by atoms with Gasteiger partial charge in [0.2, 0.25) is 0 Å². The monoisotopic (exact) mass is 421 g/mol. The number of hydrogen-bond acceptors (Lipinski definition) is 8. The van der Waals surface area contributed by atoms with Gasteiger partial charge in [0.05, 0.1) is 34.3 Å². The van der Waals surface area contributed by atoms with Gasteiger partial charge >= 0.3 is 5.97 Å². The van der Waals surface area contributed by atoms with Crippen LogP contribution in [0.3, 0.4) is 0 Å². The first-order chi connectivity index (χ1) is 14.9. The van der Waals surface area contributed by atoms with E-state index in [9.17, 15) is 25.0 Å². The maximum atomic E-state index is 12.4. The topological polar surface area (TPSA) is 134 Å². The Labute approximate surface area is 175 Å². The maximum Gasteiger partial charge on any atom is 0.344 e. The summed E-state index contributed by atoms with van der Waals surface area (Å²) >= 11 is 0. The Balaban J connectivity index is 1.78. The Hall–Kier alpha value is -4.60. The fraction of sp³-hybridized carbons (Fsp3) is 0.0476. The van der Waals surface area contributed by atoms with Crippen molar-refractivity contribution in [2.24, 2.45) is 4.99 Å². The predicted molar refractivity (Wildman–Crippen MR) is 111 cm³/mol. The quantitative estimate of drug-likeness (QED) is 0.180. The predicted octanol–water partition coefficient (Wildman–Crippen LogP) is 4.48. The molecule has 0 saturated carbocycles. The lowest BCUT2D eigenvalue weighted by Gasteiger charge is -2.05. The molecule has 0 atom stereocenters. The van der Waals surface area contributed by atoms with E-state index in [4.69, 9.17) is 9.47 Å². The number of hydrogen-bond donors (Lipinski definition) is 0. The van der Waals surface area contributed by atoms with Crippen molar-refractivity contribution < 1.29 is 24.1 Å². The van der Waals surface area contributed by atoms with E-state index in [0.717, 1.165) is 18.2 Å². The zero-order chi connectivity index (χ0) is 22.4. The summed E-state index contributed by atoms with van der Waals surface area (Å²) in [5.74, 6) is -0.108. The summed E-state index contributed by atoms with van der Waals surface area (Å²) in [4.78, 5) is 37.1. The van der Waals surface area contributed by atoms with Crippen LogP contribution in [0.1, 0.15) is 15.9 Å². The molecule has 0 unspecified atom stereocenters. The van der Waals surface area contributed by atoms with Gasteiger partial charge < -0.3 is 9.47 Å². The van der Waals surface area contributed by atoms with Gasteiger partial charge in [-0.2, -0.15) is 0 Å². The average Bonchev–Trinajstić information content (AvgIpc) is 2.78. The number of nitro groups is 2. The lowest BCUT2D eigenvalue weighted by Crippen LogP contribution is -2.10. The van der Waals surface area contributed by atoms with Crippen LogP contribution in [0, 0.1) is 20.2 Å². The van der Waals surface area contributed by atoms with Crippen LogP contribution in [-0.2, 0) is 0 Å². The molecule has 0 fully saturated rings. The number of nitrogens with zero attached hydrogens (tertiary/aromatic N) is 3. The molecule has 0 aliphatic carbocycles. The Kier molecular flexibility index (Phi) is 6.31. The molecule has 156 valence electrons. The molecule has 0 aromatic heterocycles. The zero-order valence-electron chi connectivity index (χ0n) is 16.1. The second kappa shape index (κ2) is 9.27. The molecule has 0 radical (unpaired) electrons. The largest absolute Gasteiger partial charge is 0.497 e. The Morgan fingerprint density at radius 3 is 2.13 bits per heavy atom. The van der Waals surface area contributed by atoms with E-state index in [2.05, 4.69) is 4.99 Å². The van der Waals surface area contributed by atoms with Crippen LogP contribution in [-0.4, -0.2) is 29.1 Å². The molecule has 0 N–H and O–H groups in total. The molecule has 3 aromatic rings. The summed E-state index contributed by atoms with van der Waals surface area (Å²) in [6, 6.07) is 16.1. The third-order valence-corrected chi connectivity index (χ3v) is 4.06. The fourth-order valence-electron chi connectivity index (χ4n) is 2.57.